The summed E-state index contributed by atoms with van der Waals surface area (Å²) in [7, 11) is 1.66. The van der Waals surface area contributed by atoms with Crippen molar-refractivity contribution < 1.29 is 9.15 Å². The van der Waals surface area contributed by atoms with Gasteiger partial charge in [-0.3, -0.25) is 0 Å². The summed E-state index contributed by atoms with van der Waals surface area (Å²) < 4.78 is 11.3. The zero-order valence-electron chi connectivity index (χ0n) is 13.5. The third-order valence-corrected chi connectivity index (χ3v) is 4.14. The van der Waals surface area contributed by atoms with Crippen LogP contribution in [-0.2, 0) is 6.54 Å². The molecule has 1 aromatic carbocycles. The van der Waals surface area contributed by atoms with E-state index in [1.165, 1.54) is 25.7 Å². The fourth-order valence-corrected chi connectivity index (χ4v) is 2.95. The molecule has 3 rings (SSSR count). The first kappa shape index (κ1) is 17.9. The first-order chi connectivity index (χ1) is 10.8. The van der Waals surface area contributed by atoms with Crippen molar-refractivity contribution in [3.8, 4) is 5.75 Å². The van der Waals surface area contributed by atoms with Crippen molar-refractivity contribution in [2.75, 3.05) is 20.2 Å². The lowest BCUT2D eigenvalue weighted by Crippen LogP contribution is -2.38. The normalized spacial score (nSPS) is 16.0. The van der Waals surface area contributed by atoms with E-state index >= 15 is 0 Å². The predicted octanol–water partition coefficient (Wildman–Crippen LogP) is 3.75. The van der Waals surface area contributed by atoms with Crippen LogP contribution in [0.3, 0.4) is 0 Å². The van der Waals surface area contributed by atoms with Crippen molar-refractivity contribution in [2.45, 2.75) is 32.2 Å². The number of nitrogens with two attached hydrogens (primary N) is 1. The van der Waals surface area contributed by atoms with Gasteiger partial charge in [0.25, 0.3) is 0 Å². The van der Waals surface area contributed by atoms with Crippen LogP contribution in [0.4, 0.5) is 0 Å². The number of likely N-dealkylation sites (tertiary alicyclic amines) is 1. The van der Waals surface area contributed by atoms with E-state index in [9.17, 15) is 0 Å². The Morgan fingerprint density at radius 1 is 1.22 bits per heavy atom. The summed E-state index contributed by atoms with van der Waals surface area (Å²) in [6, 6.07) is 7.84. The zero-order valence-corrected chi connectivity index (χ0v) is 15.8. The van der Waals surface area contributed by atoms with E-state index in [1.807, 2.05) is 24.3 Å². The number of halogens is 1. The van der Waals surface area contributed by atoms with Crippen LogP contribution in [0.15, 0.2) is 33.7 Å². The van der Waals surface area contributed by atoms with Gasteiger partial charge in [-0.1, -0.05) is 25.0 Å². The van der Waals surface area contributed by atoms with Crippen molar-refractivity contribution in [3.05, 3.63) is 30.0 Å². The summed E-state index contributed by atoms with van der Waals surface area (Å²) in [6.07, 6.45) is 4.93. The van der Waals surface area contributed by atoms with E-state index in [-0.39, 0.29) is 24.0 Å². The van der Waals surface area contributed by atoms with Gasteiger partial charge in [-0.05, 0) is 25.0 Å². The molecule has 1 aliphatic rings. The lowest BCUT2D eigenvalue weighted by molar-refractivity contribution is 0.395. The van der Waals surface area contributed by atoms with Crippen molar-refractivity contribution in [1.29, 1.82) is 0 Å². The summed E-state index contributed by atoms with van der Waals surface area (Å²) in [4.78, 5) is 6.68. The van der Waals surface area contributed by atoms with Gasteiger partial charge in [0.1, 0.15) is 12.1 Å². The zero-order chi connectivity index (χ0) is 15.4. The summed E-state index contributed by atoms with van der Waals surface area (Å²) in [5.74, 6) is 2.08. The van der Waals surface area contributed by atoms with Gasteiger partial charge < -0.3 is 19.8 Å². The lowest BCUT2D eigenvalue weighted by atomic mass is 10.2. The van der Waals surface area contributed by atoms with Gasteiger partial charge >= 0.3 is 0 Å². The second kappa shape index (κ2) is 8.42. The molecule has 23 heavy (non-hydrogen) atoms. The second-order valence-electron chi connectivity index (χ2n) is 5.63. The van der Waals surface area contributed by atoms with E-state index in [0.717, 1.165) is 35.6 Å². The topological polar surface area (TPSA) is 64.0 Å². The van der Waals surface area contributed by atoms with Gasteiger partial charge in [0.15, 0.2) is 17.5 Å². The second-order valence-corrected chi connectivity index (χ2v) is 5.63. The van der Waals surface area contributed by atoms with Gasteiger partial charge in [-0.2, -0.15) is 0 Å². The first-order valence-corrected chi connectivity index (χ1v) is 7.89. The summed E-state index contributed by atoms with van der Waals surface area (Å²) >= 11 is 0. The molecule has 126 valence electrons. The molecule has 1 aliphatic heterocycles. The number of methoxy groups -OCH3 is 1. The Balaban J connectivity index is 0.00000192. The number of aliphatic imine (C=N–C) groups is 1. The standard InChI is InChI=1S/C17H23N3O2.HI/c1-21-16-13-8-4-5-9-14(13)22-15(16)12-19-17(18)20-10-6-2-3-7-11-20;/h4-5,8-9H,2-3,6-7,10-12H2,1H3,(H2,18,19);1H. The fourth-order valence-electron chi connectivity index (χ4n) is 2.95. The molecule has 2 N–H and O–H groups in total. The number of hydrogen-bond acceptors (Lipinski definition) is 3. The SMILES string of the molecule is COc1c(CN=C(N)N2CCCCCC2)oc2ccccc12.I. The molecule has 0 saturated carbocycles. The Morgan fingerprint density at radius 2 is 1.91 bits per heavy atom. The molecule has 0 bridgehead atoms. The number of rotatable bonds is 3. The monoisotopic (exact) mass is 429 g/mol. The summed E-state index contributed by atoms with van der Waals surface area (Å²) in [6.45, 7) is 2.39. The van der Waals surface area contributed by atoms with Gasteiger partial charge in [-0.25, -0.2) is 4.99 Å². The average Bonchev–Trinajstić information content (AvgIpc) is 2.71. The Kier molecular flexibility index (Phi) is 6.56. The quantitative estimate of drug-likeness (QED) is 0.459. The van der Waals surface area contributed by atoms with Crippen molar-refractivity contribution in [2.24, 2.45) is 10.7 Å². The fraction of sp³-hybridized carbons (Fsp3) is 0.471. The smallest absolute Gasteiger partial charge is 0.191 e. The minimum atomic E-state index is 0. The molecule has 2 aromatic rings. The molecule has 5 nitrogen and oxygen atoms in total. The summed E-state index contributed by atoms with van der Waals surface area (Å²) in [5, 5.41) is 0.976. The molecular weight excluding hydrogens is 405 g/mol. The number of ether oxygens (including phenoxy) is 1. The van der Waals surface area contributed by atoms with Gasteiger partial charge in [0.05, 0.1) is 12.5 Å². The van der Waals surface area contributed by atoms with Crippen LogP contribution in [0.2, 0.25) is 0 Å². The highest BCUT2D eigenvalue weighted by Crippen LogP contribution is 2.33. The Morgan fingerprint density at radius 3 is 2.61 bits per heavy atom. The molecular formula is C17H24IN3O2. The third kappa shape index (κ3) is 4.10. The number of fused-ring (bicyclic) bond motifs is 1. The predicted molar refractivity (Wildman–Crippen MR) is 104 cm³/mol. The minimum absolute atomic E-state index is 0. The Hall–Kier alpha value is -1.44. The molecule has 0 amide bonds. The molecule has 0 spiro atoms. The van der Waals surface area contributed by atoms with Gasteiger partial charge in [0.2, 0.25) is 0 Å². The maximum Gasteiger partial charge on any atom is 0.191 e. The minimum Gasteiger partial charge on any atom is -0.492 e. The third-order valence-electron chi connectivity index (χ3n) is 4.14. The molecule has 0 aliphatic carbocycles. The number of para-hydroxylation sites is 1. The maximum absolute atomic E-state index is 6.14. The van der Waals surface area contributed by atoms with Crippen LogP contribution >= 0.6 is 24.0 Å². The number of hydrogen-bond donors (Lipinski definition) is 1. The van der Waals surface area contributed by atoms with Crippen LogP contribution in [0.5, 0.6) is 5.75 Å². The molecule has 1 saturated heterocycles. The highest BCUT2D eigenvalue weighted by atomic mass is 127. The first-order valence-electron chi connectivity index (χ1n) is 7.89. The van der Waals surface area contributed by atoms with E-state index in [2.05, 4.69) is 9.89 Å². The number of nitrogens with zero attached hydrogens (tertiary/aromatic N) is 2. The Labute approximate surface area is 153 Å². The molecule has 6 heteroatoms. The van der Waals surface area contributed by atoms with Gasteiger partial charge in [-0.15, -0.1) is 24.0 Å². The van der Waals surface area contributed by atoms with Crippen molar-refractivity contribution >= 4 is 40.9 Å². The molecule has 0 unspecified atom stereocenters. The van der Waals surface area contributed by atoms with Crippen LogP contribution in [0.25, 0.3) is 11.0 Å². The highest BCUT2D eigenvalue weighted by Gasteiger charge is 2.15. The number of guanidine groups is 1. The lowest BCUT2D eigenvalue weighted by Gasteiger charge is -2.20. The van der Waals surface area contributed by atoms with Crippen molar-refractivity contribution in [3.63, 3.8) is 0 Å². The van der Waals surface area contributed by atoms with Crippen LogP contribution in [0.1, 0.15) is 31.4 Å². The van der Waals surface area contributed by atoms with E-state index in [1.54, 1.807) is 7.11 Å². The van der Waals surface area contributed by atoms with E-state index < -0.39 is 0 Å². The van der Waals surface area contributed by atoms with Crippen LogP contribution in [0, 0.1) is 0 Å². The van der Waals surface area contributed by atoms with E-state index in [0.29, 0.717) is 12.5 Å². The van der Waals surface area contributed by atoms with Crippen LogP contribution < -0.4 is 10.5 Å². The average molecular weight is 429 g/mol. The van der Waals surface area contributed by atoms with E-state index in [4.69, 9.17) is 14.9 Å². The van der Waals surface area contributed by atoms with Gasteiger partial charge in [0, 0.05) is 13.1 Å². The molecule has 1 fully saturated rings. The van der Waals surface area contributed by atoms with Crippen molar-refractivity contribution in [1.82, 2.24) is 4.90 Å². The number of benzene rings is 1. The number of furan rings is 1. The highest BCUT2D eigenvalue weighted by molar-refractivity contribution is 14.0. The largest absolute Gasteiger partial charge is 0.492 e. The Bertz CT molecular complexity index is 661. The maximum atomic E-state index is 6.14. The molecule has 2 heterocycles. The molecule has 0 radical (unpaired) electrons. The molecule has 1 aromatic heterocycles. The van der Waals surface area contributed by atoms with Crippen LogP contribution in [-0.4, -0.2) is 31.1 Å². The molecule has 0 atom stereocenters. The summed E-state index contributed by atoms with van der Waals surface area (Å²) in [5.41, 5.74) is 6.96.